The molecule has 0 unspecified atom stereocenters. The quantitative estimate of drug-likeness (QED) is 0.386. The molecule has 0 saturated heterocycles. The molecular formula is C26H26FN3O3. The molecule has 6 nitrogen and oxygen atoms in total. The van der Waals surface area contributed by atoms with E-state index in [4.69, 9.17) is 9.51 Å². The number of carbonyl (C=O) groups is 1. The molecule has 1 aliphatic rings. The third-order valence-corrected chi connectivity index (χ3v) is 6.69. The normalized spacial score (nSPS) is 15.7. The first-order valence-corrected chi connectivity index (χ1v) is 11.3. The van der Waals surface area contributed by atoms with E-state index >= 15 is 4.39 Å². The third-order valence-electron chi connectivity index (χ3n) is 6.69. The van der Waals surface area contributed by atoms with Crippen LogP contribution in [0.1, 0.15) is 53.9 Å². The highest BCUT2D eigenvalue weighted by molar-refractivity contribution is 5.96. The monoisotopic (exact) mass is 447 g/mol. The van der Waals surface area contributed by atoms with Gasteiger partial charge >= 0.3 is 5.97 Å². The number of hydrogen-bond donors (Lipinski definition) is 1. The standard InChI is InChI=1S/C26H26FN3O3/c1-16-23(17(2)33-29-16)20-12-22-24(28-13-20)21(18-6-8-19(9-7-18)25(31)32)14-30(22)15-26(27)10-4-3-5-11-26/h6-9,12-14H,3-5,10-11,15H2,1-2H3,(H,31,32). The number of nitrogens with zero attached hydrogens (tertiary/aromatic N) is 3. The fourth-order valence-electron chi connectivity index (χ4n) is 4.98. The Morgan fingerprint density at radius 2 is 1.88 bits per heavy atom. The Kier molecular flexibility index (Phi) is 5.27. The molecule has 170 valence electrons. The van der Waals surface area contributed by atoms with Gasteiger partial charge in [-0.1, -0.05) is 36.6 Å². The van der Waals surface area contributed by atoms with Crippen LogP contribution in [0.15, 0.2) is 47.2 Å². The number of aromatic nitrogens is 3. The van der Waals surface area contributed by atoms with E-state index in [0.29, 0.717) is 18.6 Å². The first kappa shape index (κ1) is 21.4. The smallest absolute Gasteiger partial charge is 0.335 e. The van der Waals surface area contributed by atoms with E-state index in [1.165, 1.54) is 0 Å². The second kappa shape index (κ2) is 8.14. The van der Waals surface area contributed by atoms with Crippen LogP contribution in [0.25, 0.3) is 33.3 Å². The number of carboxylic acid groups (broad SMARTS) is 1. The van der Waals surface area contributed by atoms with Crippen LogP contribution in [-0.4, -0.2) is 31.5 Å². The number of halogens is 1. The van der Waals surface area contributed by atoms with Crippen molar-refractivity contribution in [1.29, 1.82) is 0 Å². The number of rotatable bonds is 5. The maximum Gasteiger partial charge on any atom is 0.335 e. The Bertz CT molecular complexity index is 1310. The molecule has 1 saturated carbocycles. The van der Waals surface area contributed by atoms with E-state index < -0.39 is 11.6 Å². The molecule has 33 heavy (non-hydrogen) atoms. The predicted octanol–water partition coefficient (Wildman–Crippen LogP) is 6.35. The number of aryl methyl sites for hydroxylation is 2. The third kappa shape index (κ3) is 3.92. The zero-order chi connectivity index (χ0) is 23.2. The fourth-order valence-corrected chi connectivity index (χ4v) is 4.98. The summed E-state index contributed by atoms with van der Waals surface area (Å²) in [6.07, 6.45) is 7.75. The molecule has 7 heteroatoms. The number of fused-ring (bicyclic) bond motifs is 1. The highest BCUT2D eigenvalue weighted by atomic mass is 19.1. The maximum atomic E-state index is 15.7. The number of hydrogen-bond acceptors (Lipinski definition) is 4. The van der Waals surface area contributed by atoms with Gasteiger partial charge in [0.1, 0.15) is 11.4 Å². The minimum Gasteiger partial charge on any atom is -0.478 e. The Hall–Kier alpha value is -3.48. The summed E-state index contributed by atoms with van der Waals surface area (Å²) in [5, 5.41) is 13.3. The Labute approximate surface area is 191 Å². The zero-order valence-electron chi connectivity index (χ0n) is 18.8. The minimum absolute atomic E-state index is 0.223. The Balaban J connectivity index is 1.65. The van der Waals surface area contributed by atoms with Gasteiger partial charge in [0.2, 0.25) is 0 Å². The summed E-state index contributed by atoms with van der Waals surface area (Å²) in [5.74, 6) is -0.256. The van der Waals surface area contributed by atoms with Crippen LogP contribution in [0.3, 0.4) is 0 Å². The highest BCUT2D eigenvalue weighted by Gasteiger charge is 2.33. The predicted molar refractivity (Wildman–Crippen MR) is 124 cm³/mol. The second-order valence-electron chi connectivity index (χ2n) is 9.06. The zero-order valence-corrected chi connectivity index (χ0v) is 18.8. The van der Waals surface area contributed by atoms with E-state index in [1.54, 1.807) is 30.5 Å². The molecule has 5 rings (SSSR count). The van der Waals surface area contributed by atoms with Crippen LogP contribution in [0.5, 0.6) is 0 Å². The van der Waals surface area contributed by atoms with Crippen molar-refractivity contribution in [2.24, 2.45) is 0 Å². The van der Waals surface area contributed by atoms with Crippen molar-refractivity contribution in [2.75, 3.05) is 0 Å². The van der Waals surface area contributed by atoms with Gasteiger partial charge in [0.15, 0.2) is 0 Å². The molecular weight excluding hydrogens is 421 g/mol. The van der Waals surface area contributed by atoms with Gasteiger partial charge in [-0.3, -0.25) is 4.98 Å². The molecule has 0 radical (unpaired) electrons. The highest BCUT2D eigenvalue weighted by Crippen LogP contribution is 2.38. The first-order valence-electron chi connectivity index (χ1n) is 11.3. The fraction of sp³-hybridized carbons (Fsp3) is 0.346. The van der Waals surface area contributed by atoms with Gasteiger partial charge in [0.25, 0.3) is 0 Å². The van der Waals surface area contributed by atoms with Gasteiger partial charge in [-0.05, 0) is 50.5 Å². The van der Waals surface area contributed by atoms with Gasteiger partial charge in [-0.15, -0.1) is 0 Å². The van der Waals surface area contributed by atoms with Gasteiger partial charge in [-0.2, -0.15) is 0 Å². The van der Waals surface area contributed by atoms with E-state index in [1.807, 2.05) is 30.7 Å². The number of benzene rings is 1. The van der Waals surface area contributed by atoms with Crippen LogP contribution in [0.4, 0.5) is 4.39 Å². The topological polar surface area (TPSA) is 81.2 Å². The Morgan fingerprint density at radius 3 is 2.52 bits per heavy atom. The summed E-state index contributed by atoms with van der Waals surface area (Å²) in [6, 6.07) is 8.74. The first-order chi connectivity index (χ1) is 15.8. The van der Waals surface area contributed by atoms with Crippen LogP contribution in [0.2, 0.25) is 0 Å². The summed E-state index contributed by atoms with van der Waals surface area (Å²) < 4.78 is 23.0. The second-order valence-corrected chi connectivity index (χ2v) is 9.06. The molecule has 0 aliphatic heterocycles. The number of carboxylic acids is 1. The molecule has 1 N–H and O–H groups in total. The summed E-state index contributed by atoms with van der Waals surface area (Å²) in [7, 11) is 0. The molecule has 3 aromatic heterocycles. The van der Waals surface area contributed by atoms with Crippen LogP contribution in [-0.2, 0) is 6.54 Å². The number of aromatic carboxylic acids is 1. The lowest BCUT2D eigenvalue weighted by Gasteiger charge is -2.30. The van der Waals surface area contributed by atoms with Crippen molar-refractivity contribution in [3.05, 3.63) is 59.7 Å². The van der Waals surface area contributed by atoms with E-state index in [0.717, 1.165) is 58.2 Å². The molecule has 1 aliphatic carbocycles. The van der Waals surface area contributed by atoms with Crippen LogP contribution >= 0.6 is 0 Å². The maximum absolute atomic E-state index is 15.7. The average molecular weight is 448 g/mol. The lowest BCUT2D eigenvalue weighted by atomic mass is 9.86. The SMILES string of the molecule is Cc1noc(C)c1-c1cnc2c(-c3ccc(C(=O)O)cc3)cn(CC3(F)CCCCC3)c2c1. The largest absolute Gasteiger partial charge is 0.478 e. The molecule has 1 fully saturated rings. The lowest BCUT2D eigenvalue weighted by Crippen LogP contribution is -2.31. The average Bonchev–Trinajstić information content (AvgIpc) is 3.33. The van der Waals surface area contributed by atoms with E-state index in [2.05, 4.69) is 5.16 Å². The summed E-state index contributed by atoms with van der Waals surface area (Å²) >= 11 is 0. The molecule has 1 aromatic carbocycles. The van der Waals surface area contributed by atoms with Crippen molar-refractivity contribution < 1.29 is 18.8 Å². The molecule has 0 atom stereocenters. The van der Waals surface area contributed by atoms with Gasteiger partial charge in [0, 0.05) is 29.1 Å². The summed E-state index contributed by atoms with van der Waals surface area (Å²) in [5.41, 5.74) is 4.84. The van der Waals surface area contributed by atoms with Crippen molar-refractivity contribution in [3.63, 3.8) is 0 Å². The molecule has 0 amide bonds. The van der Waals surface area contributed by atoms with Crippen LogP contribution in [0, 0.1) is 13.8 Å². The van der Waals surface area contributed by atoms with Crippen molar-refractivity contribution in [1.82, 2.24) is 14.7 Å². The molecule has 4 aromatic rings. The summed E-state index contributed by atoms with van der Waals surface area (Å²) in [4.78, 5) is 16.0. The lowest BCUT2D eigenvalue weighted by molar-refractivity contribution is 0.0696. The van der Waals surface area contributed by atoms with Crippen LogP contribution < -0.4 is 0 Å². The molecule has 3 heterocycles. The van der Waals surface area contributed by atoms with Gasteiger partial charge in [0.05, 0.1) is 28.8 Å². The van der Waals surface area contributed by atoms with Crippen molar-refractivity contribution in [2.45, 2.75) is 58.2 Å². The van der Waals surface area contributed by atoms with Gasteiger partial charge in [-0.25, -0.2) is 9.18 Å². The Morgan fingerprint density at radius 1 is 1.15 bits per heavy atom. The number of alkyl halides is 1. The van der Waals surface area contributed by atoms with Gasteiger partial charge < -0.3 is 14.2 Å². The van der Waals surface area contributed by atoms with E-state index in [-0.39, 0.29) is 12.1 Å². The minimum atomic E-state index is -1.24. The molecule has 0 bridgehead atoms. The number of pyridine rings is 1. The summed E-state index contributed by atoms with van der Waals surface area (Å²) in [6.45, 7) is 4.03. The molecule has 0 spiro atoms. The van der Waals surface area contributed by atoms with Crippen molar-refractivity contribution in [3.8, 4) is 22.3 Å². The van der Waals surface area contributed by atoms with Crippen molar-refractivity contribution >= 4 is 17.0 Å². The van der Waals surface area contributed by atoms with E-state index in [9.17, 15) is 9.90 Å².